The van der Waals surface area contributed by atoms with Gasteiger partial charge in [-0.2, -0.15) is 0 Å². The minimum Gasteiger partial charge on any atom is -0.314 e. The smallest absolute Gasteiger partial charge is 0.314 e. The Bertz CT molecular complexity index is 319. The monoisotopic (exact) mass is 231 g/mol. The Morgan fingerprint density at radius 2 is 1.75 bits per heavy atom. The standard InChI is InChI=1S/C8H13N3O5/c1-6(2)3-7(12)9-4-8(5-9,10(13)14)11(15)16/h6H,3-5H2,1-2H3. The van der Waals surface area contributed by atoms with Crippen LogP contribution in [-0.4, -0.2) is 39.4 Å². The zero-order valence-electron chi connectivity index (χ0n) is 9.08. The second kappa shape index (κ2) is 4.03. The summed E-state index contributed by atoms with van der Waals surface area (Å²) >= 11 is 0. The van der Waals surface area contributed by atoms with E-state index in [4.69, 9.17) is 0 Å². The summed E-state index contributed by atoms with van der Waals surface area (Å²) in [6, 6.07) is 0. The second-order valence-corrected chi connectivity index (χ2v) is 4.34. The molecule has 0 radical (unpaired) electrons. The van der Waals surface area contributed by atoms with Crippen LogP contribution >= 0.6 is 0 Å². The molecule has 0 bridgehead atoms. The number of nitro groups is 2. The predicted molar refractivity (Wildman–Crippen MR) is 52.8 cm³/mol. The topological polar surface area (TPSA) is 107 Å². The first-order valence-corrected chi connectivity index (χ1v) is 4.86. The van der Waals surface area contributed by atoms with E-state index in [9.17, 15) is 25.0 Å². The number of hydrogen-bond acceptors (Lipinski definition) is 5. The highest BCUT2D eigenvalue weighted by atomic mass is 16.7. The van der Waals surface area contributed by atoms with Gasteiger partial charge in [-0.15, -0.1) is 0 Å². The van der Waals surface area contributed by atoms with Gasteiger partial charge in [0.25, 0.3) is 0 Å². The molecule has 1 aliphatic rings. The van der Waals surface area contributed by atoms with Crippen molar-refractivity contribution in [3.8, 4) is 0 Å². The number of likely N-dealkylation sites (tertiary alicyclic amines) is 1. The molecule has 90 valence electrons. The SMILES string of the molecule is CC(C)CC(=O)N1CC([N+](=O)[O-])([N+](=O)[O-])C1. The van der Waals surface area contributed by atoms with E-state index >= 15 is 0 Å². The lowest BCUT2D eigenvalue weighted by molar-refractivity contribution is -0.809. The molecule has 8 nitrogen and oxygen atoms in total. The van der Waals surface area contributed by atoms with Crippen molar-refractivity contribution in [3.05, 3.63) is 20.2 Å². The van der Waals surface area contributed by atoms with Gasteiger partial charge in [-0.3, -0.25) is 25.0 Å². The Balaban J connectivity index is 2.61. The predicted octanol–water partition coefficient (Wildman–Crippen LogP) is 0.124. The summed E-state index contributed by atoms with van der Waals surface area (Å²) in [7, 11) is 0. The molecule has 0 N–H and O–H groups in total. The van der Waals surface area contributed by atoms with Crippen LogP contribution in [0.4, 0.5) is 0 Å². The lowest BCUT2D eigenvalue weighted by Crippen LogP contribution is -2.71. The number of carbonyl (C=O) groups is 1. The first-order chi connectivity index (χ1) is 7.29. The van der Waals surface area contributed by atoms with Crippen LogP contribution in [0.2, 0.25) is 0 Å². The van der Waals surface area contributed by atoms with E-state index in [1.165, 1.54) is 0 Å². The summed E-state index contributed by atoms with van der Waals surface area (Å²) in [6.07, 6.45) is 0.255. The van der Waals surface area contributed by atoms with Gasteiger partial charge in [0.1, 0.15) is 9.85 Å². The molecule has 0 saturated carbocycles. The van der Waals surface area contributed by atoms with E-state index in [0.717, 1.165) is 4.90 Å². The molecule has 0 aromatic rings. The minimum absolute atomic E-state index is 0.133. The Morgan fingerprint density at radius 1 is 1.31 bits per heavy atom. The van der Waals surface area contributed by atoms with Crippen LogP contribution in [-0.2, 0) is 4.79 Å². The molecule has 1 heterocycles. The molecular formula is C8H13N3O5. The summed E-state index contributed by atoms with van der Waals surface area (Å²) in [5.41, 5.74) is -2.19. The quantitative estimate of drug-likeness (QED) is 0.388. The van der Waals surface area contributed by atoms with Gasteiger partial charge in [-0.1, -0.05) is 13.8 Å². The second-order valence-electron chi connectivity index (χ2n) is 4.34. The van der Waals surface area contributed by atoms with Crippen molar-refractivity contribution in [1.29, 1.82) is 0 Å². The molecule has 1 aliphatic heterocycles. The van der Waals surface area contributed by atoms with E-state index < -0.39 is 28.6 Å². The molecule has 1 fully saturated rings. The van der Waals surface area contributed by atoms with Crippen molar-refractivity contribution < 1.29 is 14.6 Å². The van der Waals surface area contributed by atoms with E-state index in [1.807, 2.05) is 13.8 Å². The van der Waals surface area contributed by atoms with Crippen LogP contribution < -0.4 is 0 Å². The fourth-order valence-corrected chi connectivity index (χ4v) is 1.52. The van der Waals surface area contributed by atoms with Gasteiger partial charge in [0.05, 0.1) is 0 Å². The molecular weight excluding hydrogens is 218 g/mol. The minimum atomic E-state index is -2.19. The first-order valence-electron chi connectivity index (χ1n) is 4.86. The average molecular weight is 231 g/mol. The fourth-order valence-electron chi connectivity index (χ4n) is 1.52. The van der Waals surface area contributed by atoms with Crippen molar-refractivity contribution in [2.75, 3.05) is 13.1 Å². The first kappa shape index (κ1) is 12.3. The summed E-state index contributed by atoms with van der Waals surface area (Å²) < 4.78 is 0. The van der Waals surface area contributed by atoms with Gasteiger partial charge in [0, 0.05) is 6.42 Å². The van der Waals surface area contributed by atoms with Crippen molar-refractivity contribution in [1.82, 2.24) is 4.90 Å². The van der Waals surface area contributed by atoms with Crippen LogP contribution in [0.5, 0.6) is 0 Å². The highest BCUT2D eigenvalue weighted by molar-refractivity contribution is 5.77. The Labute approximate surface area is 91.5 Å². The molecule has 0 aromatic carbocycles. The Hall–Kier alpha value is -1.73. The maximum absolute atomic E-state index is 11.4. The van der Waals surface area contributed by atoms with E-state index in [0.29, 0.717) is 0 Å². The molecule has 1 rings (SSSR count). The summed E-state index contributed by atoms with van der Waals surface area (Å²) in [6.45, 7) is 2.81. The molecule has 1 saturated heterocycles. The normalized spacial score (nSPS) is 18.1. The zero-order chi connectivity index (χ0) is 12.5. The number of rotatable bonds is 4. The van der Waals surface area contributed by atoms with E-state index in [2.05, 4.69) is 0 Å². The molecule has 1 amide bonds. The van der Waals surface area contributed by atoms with Gasteiger partial charge in [0.15, 0.2) is 13.1 Å². The third-order valence-electron chi connectivity index (χ3n) is 2.50. The van der Waals surface area contributed by atoms with E-state index in [1.54, 1.807) is 0 Å². The van der Waals surface area contributed by atoms with Gasteiger partial charge < -0.3 is 4.90 Å². The van der Waals surface area contributed by atoms with Gasteiger partial charge >= 0.3 is 5.66 Å². The molecule has 0 aliphatic carbocycles. The van der Waals surface area contributed by atoms with Crippen molar-refractivity contribution in [2.24, 2.45) is 5.92 Å². The maximum atomic E-state index is 11.4. The third kappa shape index (κ3) is 1.95. The van der Waals surface area contributed by atoms with Crippen LogP contribution in [0.15, 0.2) is 0 Å². The Kier molecular flexibility index (Phi) is 3.11. The van der Waals surface area contributed by atoms with Crippen LogP contribution in [0.25, 0.3) is 0 Å². The van der Waals surface area contributed by atoms with Gasteiger partial charge in [0.2, 0.25) is 5.91 Å². The molecule has 0 aromatic heterocycles. The van der Waals surface area contributed by atoms with Gasteiger partial charge in [-0.25, -0.2) is 0 Å². The summed E-state index contributed by atoms with van der Waals surface area (Å²) in [5.74, 6) is -0.136. The van der Waals surface area contributed by atoms with Crippen molar-refractivity contribution in [3.63, 3.8) is 0 Å². The fraction of sp³-hybridized carbons (Fsp3) is 0.875. The van der Waals surface area contributed by atoms with Crippen LogP contribution in [0.1, 0.15) is 20.3 Å². The summed E-state index contributed by atoms with van der Waals surface area (Å²) in [5, 5.41) is 21.1. The number of carbonyl (C=O) groups excluding carboxylic acids is 1. The third-order valence-corrected chi connectivity index (χ3v) is 2.50. The zero-order valence-corrected chi connectivity index (χ0v) is 9.08. The van der Waals surface area contributed by atoms with Crippen molar-refractivity contribution >= 4 is 5.91 Å². The summed E-state index contributed by atoms with van der Waals surface area (Å²) in [4.78, 5) is 31.9. The Morgan fingerprint density at radius 3 is 2.06 bits per heavy atom. The van der Waals surface area contributed by atoms with Crippen LogP contribution in [0.3, 0.4) is 0 Å². The molecule has 0 atom stereocenters. The van der Waals surface area contributed by atoms with Gasteiger partial charge in [-0.05, 0) is 5.92 Å². The molecule has 16 heavy (non-hydrogen) atoms. The average Bonchev–Trinajstić information content (AvgIpc) is 1.97. The largest absolute Gasteiger partial charge is 0.492 e. The molecule has 0 spiro atoms. The maximum Gasteiger partial charge on any atom is 0.492 e. The lowest BCUT2D eigenvalue weighted by atomic mass is 10.00. The molecule has 0 unspecified atom stereocenters. The van der Waals surface area contributed by atoms with Crippen molar-refractivity contribution in [2.45, 2.75) is 25.9 Å². The highest BCUT2D eigenvalue weighted by Crippen LogP contribution is 2.26. The number of amides is 1. The number of hydrogen-bond donors (Lipinski definition) is 0. The number of nitrogens with zero attached hydrogens (tertiary/aromatic N) is 3. The van der Waals surface area contributed by atoms with E-state index in [-0.39, 0.29) is 18.2 Å². The lowest BCUT2D eigenvalue weighted by Gasteiger charge is -2.36. The van der Waals surface area contributed by atoms with Crippen LogP contribution in [0, 0.1) is 26.1 Å². The molecule has 8 heteroatoms. The highest BCUT2D eigenvalue weighted by Gasteiger charge is 2.67.